The number of carbonyl (C=O) groups excluding carboxylic acids is 1. The lowest BCUT2D eigenvalue weighted by atomic mass is 9.91. The maximum absolute atomic E-state index is 12.6. The summed E-state index contributed by atoms with van der Waals surface area (Å²) in [5, 5.41) is 19.6. The number of piperidine rings is 1. The van der Waals surface area contributed by atoms with Crippen LogP contribution in [0, 0.1) is 0 Å². The second-order valence-corrected chi connectivity index (χ2v) is 6.12. The van der Waals surface area contributed by atoms with E-state index in [1.165, 1.54) is 5.56 Å². The second-order valence-electron chi connectivity index (χ2n) is 6.12. The van der Waals surface area contributed by atoms with Crippen LogP contribution in [0.1, 0.15) is 18.4 Å². The highest BCUT2D eigenvalue weighted by atomic mass is 16.3. The van der Waals surface area contributed by atoms with Gasteiger partial charge in [-0.1, -0.05) is 30.3 Å². The Bertz CT molecular complexity index is 480. The molecule has 0 bridgehead atoms. The number of benzene rings is 1. The third-order valence-corrected chi connectivity index (χ3v) is 4.23. The van der Waals surface area contributed by atoms with Gasteiger partial charge in [0.1, 0.15) is 0 Å². The van der Waals surface area contributed by atoms with Crippen molar-refractivity contribution in [3.8, 4) is 0 Å². The molecule has 2 N–H and O–H groups in total. The van der Waals surface area contributed by atoms with Gasteiger partial charge in [-0.2, -0.15) is 0 Å². The molecular weight excluding hydrogens is 280 g/mol. The Labute approximate surface area is 132 Å². The third kappa shape index (κ3) is 4.29. The summed E-state index contributed by atoms with van der Waals surface area (Å²) >= 11 is 0. The van der Waals surface area contributed by atoms with Crippen molar-refractivity contribution in [1.29, 1.82) is 0 Å². The summed E-state index contributed by atoms with van der Waals surface area (Å²) in [4.78, 5) is 16.2. The molecule has 1 aliphatic heterocycles. The fourth-order valence-corrected chi connectivity index (χ4v) is 3.03. The van der Waals surface area contributed by atoms with Gasteiger partial charge in [0.15, 0.2) is 5.60 Å². The van der Waals surface area contributed by atoms with Gasteiger partial charge in [-0.3, -0.25) is 4.79 Å². The number of likely N-dealkylation sites (tertiary alicyclic amines) is 1. The first-order valence-electron chi connectivity index (χ1n) is 7.90. The molecule has 0 spiro atoms. The maximum Gasteiger partial charge on any atom is 0.255 e. The fraction of sp³-hybridized carbons (Fsp3) is 0.588. The van der Waals surface area contributed by atoms with Crippen LogP contribution in [0.25, 0.3) is 0 Å². The highest BCUT2D eigenvalue weighted by Gasteiger charge is 2.42. The highest BCUT2D eigenvalue weighted by Crippen LogP contribution is 2.24. The van der Waals surface area contributed by atoms with E-state index < -0.39 is 5.60 Å². The SMILES string of the molecule is CN(CCO)C[C@]1(O)CCCN(CCc2ccccc2)C1=O. The maximum atomic E-state index is 12.6. The molecule has 2 rings (SSSR count). The predicted octanol–water partition coefficient (Wildman–Crippen LogP) is 0.507. The number of amides is 1. The summed E-state index contributed by atoms with van der Waals surface area (Å²) in [7, 11) is 1.81. The van der Waals surface area contributed by atoms with Crippen LogP contribution in [-0.4, -0.2) is 71.4 Å². The quantitative estimate of drug-likeness (QED) is 0.770. The minimum Gasteiger partial charge on any atom is -0.395 e. The summed E-state index contributed by atoms with van der Waals surface area (Å²) < 4.78 is 0. The van der Waals surface area contributed by atoms with Crippen LogP contribution in [0.2, 0.25) is 0 Å². The van der Waals surface area contributed by atoms with Gasteiger partial charge < -0.3 is 20.0 Å². The number of aliphatic hydroxyl groups is 2. The molecule has 1 aromatic rings. The number of nitrogens with zero attached hydrogens (tertiary/aromatic N) is 2. The van der Waals surface area contributed by atoms with Crippen molar-refractivity contribution in [2.24, 2.45) is 0 Å². The molecule has 22 heavy (non-hydrogen) atoms. The number of hydrogen-bond acceptors (Lipinski definition) is 4. The Hall–Kier alpha value is -1.43. The average Bonchev–Trinajstić information content (AvgIpc) is 2.50. The molecule has 1 amide bonds. The predicted molar refractivity (Wildman–Crippen MR) is 85.5 cm³/mol. The van der Waals surface area contributed by atoms with Crippen LogP contribution in [0.3, 0.4) is 0 Å². The average molecular weight is 306 g/mol. The van der Waals surface area contributed by atoms with Crippen LogP contribution in [0.15, 0.2) is 30.3 Å². The third-order valence-electron chi connectivity index (χ3n) is 4.23. The first-order valence-corrected chi connectivity index (χ1v) is 7.90. The molecule has 0 unspecified atom stereocenters. The normalized spacial score (nSPS) is 22.4. The summed E-state index contributed by atoms with van der Waals surface area (Å²) in [6.07, 6.45) is 2.10. The highest BCUT2D eigenvalue weighted by molar-refractivity contribution is 5.86. The number of hydrogen-bond donors (Lipinski definition) is 2. The zero-order chi connectivity index (χ0) is 16.0. The number of aliphatic hydroxyl groups excluding tert-OH is 1. The Morgan fingerprint density at radius 3 is 2.73 bits per heavy atom. The summed E-state index contributed by atoms with van der Waals surface area (Å²) in [6, 6.07) is 10.1. The summed E-state index contributed by atoms with van der Waals surface area (Å²) in [5.74, 6) is -0.181. The van der Waals surface area contributed by atoms with E-state index in [0.717, 1.165) is 12.8 Å². The van der Waals surface area contributed by atoms with Crippen LogP contribution in [0.4, 0.5) is 0 Å². The van der Waals surface area contributed by atoms with Gasteiger partial charge in [0.2, 0.25) is 0 Å². The van der Waals surface area contributed by atoms with Gasteiger partial charge in [0.25, 0.3) is 5.91 Å². The zero-order valence-electron chi connectivity index (χ0n) is 13.2. The molecule has 122 valence electrons. The van der Waals surface area contributed by atoms with E-state index in [4.69, 9.17) is 5.11 Å². The molecular formula is C17H26N2O3. The van der Waals surface area contributed by atoms with E-state index in [1.54, 1.807) is 9.80 Å². The molecule has 0 saturated carbocycles. The van der Waals surface area contributed by atoms with Crippen LogP contribution in [-0.2, 0) is 11.2 Å². The van der Waals surface area contributed by atoms with Gasteiger partial charge in [0, 0.05) is 26.2 Å². The van der Waals surface area contributed by atoms with Crippen molar-refractivity contribution in [3.63, 3.8) is 0 Å². The first-order chi connectivity index (χ1) is 10.5. The first kappa shape index (κ1) is 16.9. The van der Waals surface area contributed by atoms with Crippen LogP contribution < -0.4 is 0 Å². The molecule has 5 nitrogen and oxygen atoms in total. The molecule has 1 atom stereocenters. The number of rotatable bonds is 7. The minimum atomic E-state index is -1.32. The molecule has 1 fully saturated rings. The summed E-state index contributed by atoms with van der Waals surface area (Å²) in [6.45, 7) is 2.10. The fourth-order valence-electron chi connectivity index (χ4n) is 3.03. The van der Waals surface area contributed by atoms with Crippen molar-refractivity contribution < 1.29 is 15.0 Å². The molecule has 1 heterocycles. The van der Waals surface area contributed by atoms with Crippen molar-refractivity contribution in [1.82, 2.24) is 9.80 Å². The summed E-state index contributed by atoms with van der Waals surface area (Å²) in [5.41, 5.74) is -0.124. The van der Waals surface area contributed by atoms with Gasteiger partial charge >= 0.3 is 0 Å². The standard InChI is InChI=1S/C17H26N2O3/c1-18(12-13-20)14-17(22)9-5-10-19(16(17)21)11-8-15-6-3-2-4-7-15/h2-4,6-7,20,22H,5,8-14H2,1H3/t17-/m1/s1. The van der Waals surface area contributed by atoms with Gasteiger partial charge in [-0.15, -0.1) is 0 Å². The Morgan fingerprint density at radius 1 is 1.32 bits per heavy atom. The molecule has 1 aliphatic rings. The monoisotopic (exact) mass is 306 g/mol. The van der Waals surface area contributed by atoms with E-state index in [1.807, 2.05) is 25.2 Å². The zero-order valence-corrected chi connectivity index (χ0v) is 13.2. The van der Waals surface area contributed by atoms with Crippen LogP contribution >= 0.6 is 0 Å². The van der Waals surface area contributed by atoms with Gasteiger partial charge in [0.05, 0.1) is 6.61 Å². The van der Waals surface area contributed by atoms with E-state index >= 15 is 0 Å². The molecule has 0 aromatic heterocycles. The number of likely N-dealkylation sites (N-methyl/N-ethyl adjacent to an activating group) is 1. The van der Waals surface area contributed by atoms with E-state index in [-0.39, 0.29) is 19.1 Å². The Morgan fingerprint density at radius 2 is 2.05 bits per heavy atom. The second kappa shape index (κ2) is 7.72. The van der Waals surface area contributed by atoms with E-state index in [9.17, 15) is 9.90 Å². The topological polar surface area (TPSA) is 64.0 Å². The molecule has 1 saturated heterocycles. The number of carbonyl (C=O) groups is 1. The molecule has 0 radical (unpaired) electrons. The van der Waals surface area contributed by atoms with Crippen molar-refractivity contribution in [3.05, 3.63) is 35.9 Å². The van der Waals surface area contributed by atoms with E-state index in [2.05, 4.69) is 12.1 Å². The van der Waals surface area contributed by atoms with Crippen LogP contribution in [0.5, 0.6) is 0 Å². The van der Waals surface area contributed by atoms with Crippen molar-refractivity contribution in [2.75, 3.05) is 39.8 Å². The van der Waals surface area contributed by atoms with Crippen molar-refractivity contribution >= 4 is 5.91 Å². The smallest absolute Gasteiger partial charge is 0.255 e. The molecule has 1 aromatic carbocycles. The van der Waals surface area contributed by atoms with Crippen molar-refractivity contribution in [2.45, 2.75) is 24.9 Å². The lowest BCUT2D eigenvalue weighted by Gasteiger charge is -2.40. The largest absolute Gasteiger partial charge is 0.395 e. The lowest BCUT2D eigenvalue weighted by molar-refractivity contribution is -0.159. The Balaban J connectivity index is 1.94. The van der Waals surface area contributed by atoms with Gasteiger partial charge in [-0.25, -0.2) is 0 Å². The minimum absolute atomic E-state index is 0.0263. The molecule has 5 heteroatoms. The van der Waals surface area contributed by atoms with Gasteiger partial charge in [-0.05, 0) is 31.9 Å². The van der Waals surface area contributed by atoms with E-state index in [0.29, 0.717) is 26.1 Å². The Kier molecular flexibility index (Phi) is 5.94. The molecule has 0 aliphatic carbocycles. The lowest BCUT2D eigenvalue weighted by Crippen LogP contribution is -2.58.